The van der Waals surface area contributed by atoms with Crippen molar-refractivity contribution in [1.82, 2.24) is 15.3 Å². The number of hydrogen-bond acceptors (Lipinski definition) is 3. The first-order chi connectivity index (χ1) is 9.55. The number of alkyl halides is 3. The quantitative estimate of drug-likeness (QED) is 0.872. The molecule has 0 spiro atoms. The summed E-state index contributed by atoms with van der Waals surface area (Å²) in [6.45, 7) is 0.756. The van der Waals surface area contributed by atoms with Crippen molar-refractivity contribution < 1.29 is 13.2 Å². The molecule has 0 radical (unpaired) electrons. The fourth-order valence-electron chi connectivity index (χ4n) is 2.41. The van der Waals surface area contributed by atoms with E-state index in [4.69, 9.17) is 0 Å². The van der Waals surface area contributed by atoms with Crippen molar-refractivity contribution in [2.24, 2.45) is 0 Å². The lowest BCUT2D eigenvalue weighted by molar-refractivity contribution is -0.137. The van der Waals surface area contributed by atoms with Gasteiger partial charge in [-0.3, -0.25) is 0 Å². The molecule has 2 aromatic rings. The highest BCUT2D eigenvalue weighted by Crippen LogP contribution is 2.31. The van der Waals surface area contributed by atoms with E-state index in [1.807, 2.05) is 0 Å². The number of hydrogen-bond donors (Lipinski definition) is 1. The van der Waals surface area contributed by atoms with Gasteiger partial charge in [-0.05, 0) is 29.7 Å². The van der Waals surface area contributed by atoms with Crippen molar-refractivity contribution in [1.29, 1.82) is 0 Å². The minimum Gasteiger partial charge on any atom is -0.305 e. The van der Waals surface area contributed by atoms with Gasteiger partial charge in [-0.1, -0.05) is 12.1 Å². The molecule has 1 aliphatic heterocycles. The number of nitrogens with one attached hydrogen (secondary N) is 1. The number of halogens is 3. The smallest absolute Gasteiger partial charge is 0.305 e. The molecule has 3 nitrogen and oxygen atoms in total. The summed E-state index contributed by atoms with van der Waals surface area (Å²) in [4.78, 5) is 8.24. The Hall–Kier alpha value is -1.95. The standard InChI is InChI=1S/C14H12F3N3/c15-14(16,17)11-3-1-9(2-4-11)12-13-10(5-6-19-12)7-18-8-20-13/h1-4,7-8,12,19H,5-6H2. The Balaban J connectivity index is 1.95. The van der Waals surface area contributed by atoms with E-state index in [1.54, 1.807) is 6.20 Å². The second-order valence-corrected chi connectivity index (χ2v) is 4.69. The normalized spacial score (nSPS) is 18.6. The van der Waals surface area contributed by atoms with Crippen LogP contribution in [0.2, 0.25) is 0 Å². The number of nitrogens with zero attached hydrogens (tertiary/aromatic N) is 2. The summed E-state index contributed by atoms with van der Waals surface area (Å²) >= 11 is 0. The summed E-state index contributed by atoms with van der Waals surface area (Å²) in [5.41, 5.74) is 2.01. The van der Waals surface area contributed by atoms with Gasteiger partial charge in [0.1, 0.15) is 6.33 Å². The molecule has 20 heavy (non-hydrogen) atoms. The first kappa shape index (κ1) is 13.1. The van der Waals surface area contributed by atoms with Crippen LogP contribution in [-0.4, -0.2) is 16.5 Å². The fourth-order valence-corrected chi connectivity index (χ4v) is 2.41. The van der Waals surface area contributed by atoms with Crippen molar-refractivity contribution in [3.8, 4) is 0 Å². The Morgan fingerprint density at radius 3 is 2.60 bits per heavy atom. The Morgan fingerprint density at radius 1 is 1.15 bits per heavy atom. The van der Waals surface area contributed by atoms with E-state index in [9.17, 15) is 13.2 Å². The molecule has 0 aliphatic carbocycles. The zero-order valence-electron chi connectivity index (χ0n) is 10.5. The van der Waals surface area contributed by atoms with Crippen LogP contribution < -0.4 is 5.32 Å². The maximum absolute atomic E-state index is 12.6. The lowest BCUT2D eigenvalue weighted by Gasteiger charge is -2.25. The van der Waals surface area contributed by atoms with E-state index < -0.39 is 11.7 Å². The second-order valence-electron chi connectivity index (χ2n) is 4.69. The van der Waals surface area contributed by atoms with Gasteiger partial charge in [-0.25, -0.2) is 9.97 Å². The molecule has 0 saturated heterocycles. The molecule has 1 aromatic carbocycles. The van der Waals surface area contributed by atoms with Gasteiger partial charge in [0.25, 0.3) is 0 Å². The van der Waals surface area contributed by atoms with Gasteiger partial charge in [0.2, 0.25) is 0 Å². The fraction of sp³-hybridized carbons (Fsp3) is 0.286. The molecule has 1 N–H and O–H groups in total. The number of aromatic nitrogens is 2. The molecular weight excluding hydrogens is 267 g/mol. The molecule has 2 heterocycles. The molecule has 1 aromatic heterocycles. The van der Waals surface area contributed by atoms with Gasteiger partial charge < -0.3 is 5.32 Å². The lowest BCUT2D eigenvalue weighted by Crippen LogP contribution is -2.31. The molecular formula is C14H12F3N3. The predicted molar refractivity (Wildman–Crippen MR) is 67.0 cm³/mol. The van der Waals surface area contributed by atoms with Crippen molar-refractivity contribution >= 4 is 0 Å². The third-order valence-corrected chi connectivity index (χ3v) is 3.41. The van der Waals surface area contributed by atoms with Crippen molar-refractivity contribution in [2.75, 3.05) is 6.54 Å². The van der Waals surface area contributed by atoms with Crippen LogP contribution in [0.1, 0.15) is 28.4 Å². The maximum atomic E-state index is 12.6. The third kappa shape index (κ3) is 2.38. The van der Waals surface area contributed by atoms with Crippen LogP contribution in [0.25, 0.3) is 0 Å². The Labute approximate surface area is 113 Å². The molecule has 0 saturated carbocycles. The molecule has 0 fully saturated rings. The molecule has 6 heteroatoms. The van der Waals surface area contributed by atoms with Crippen LogP contribution >= 0.6 is 0 Å². The molecule has 3 rings (SSSR count). The van der Waals surface area contributed by atoms with Gasteiger partial charge in [0.15, 0.2) is 0 Å². The second kappa shape index (κ2) is 4.86. The Bertz CT molecular complexity index is 608. The number of fused-ring (bicyclic) bond motifs is 1. The zero-order valence-corrected chi connectivity index (χ0v) is 10.5. The number of benzene rings is 1. The Morgan fingerprint density at radius 2 is 1.90 bits per heavy atom. The summed E-state index contributed by atoms with van der Waals surface area (Å²) < 4.78 is 37.7. The van der Waals surface area contributed by atoms with E-state index >= 15 is 0 Å². The summed E-state index contributed by atoms with van der Waals surface area (Å²) in [5, 5.41) is 3.28. The van der Waals surface area contributed by atoms with Gasteiger partial charge in [-0.2, -0.15) is 13.2 Å². The van der Waals surface area contributed by atoms with E-state index in [-0.39, 0.29) is 6.04 Å². The largest absolute Gasteiger partial charge is 0.416 e. The molecule has 0 amide bonds. The van der Waals surface area contributed by atoms with Crippen LogP contribution in [0.4, 0.5) is 13.2 Å². The van der Waals surface area contributed by atoms with Gasteiger partial charge in [-0.15, -0.1) is 0 Å². The molecule has 0 bridgehead atoms. The maximum Gasteiger partial charge on any atom is 0.416 e. The van der Waals surface area contributed by atoms with Crippen LogP contribution in [0.5, 0.6) is 0 Å². The van der Waals surface area contributed by atoms with Crippen molar-refractivity contribution in [3.05, 3.63) is 59.2 Å². The summed E-state index contributed by atoms with van der Waals surface area (Å²) in [6, 6.07) is 5.03. The topological polar surface area (TPSA) is 37.8 Å². The highest BCUT2D eigenvalue weighted by atomic mass is 19.4. The lowest BCUT2D eigenvalue weighted by atomic mass is 9.95. The highest BCUT2D eigenvalue weighted by molar-refractivity contribution is 5.35. The summed E-state index contributed by atoms with van der Waals surface area (Å²) in [7, 11) is 0. The molecule has 1 unspecified atom stereocenters. The van der Waals surface area contributed by atoms with E-state index in [0.29, 0.717) is 0 Å². The summed E-state index contributed by atoms with van der Waals surface area (Å²) in [5.74, 6) is 0. The van der Waals surface area contributed by atoms with Gasteiger partial charge >= 0.3 is 6.18 Å². The first-order valence-corrected chi connectivity index (χ1v) is 6.25. The van der Waals surface area contributed by atoms with Crippen molar-refractivity contribution in [3.63, 3.8) is 0 Å². The average Bonchev–Trinajstić information content (AvgIpc) is 2.46. The average molecular weight is 279 g/mol. The van der Waals surface area contributed by atoms with E-state index in [0.717, 1.165) is 41.9 Å². The van der Waals surface area contributed by atoms with Crippen LogP contribution in [-0.2, 0) is 12.6 Å². The minimum atomic E-state index is -4.31. The van der Waals surface area contributed by atoms with Crippen LogP contribution in [0, 0.1) is 0 Å². The number of rotatable bonds is 1. The van der Waals surface area contributed by atoms with Crippen LogP contribution in [0.3, 0.4) is 0 Å². The van der Waals surface area contributed by atoms with Gasteiger partial charge in [0, 0.05) is 12.7 Å². The van der Waals surface area contributed by atoms with Crippen molar-refractivity contribution in [2.45, 2.75) is 18.6 Å². The molecule has 1 atom stereocenters. The zero-order chi connectivity index (χ0) is 14.2. The summed E-state index contributed by atoms with van der Waals surface area (Å²) in [6.07, 6.45) is -0.255. The highest BCUT2D eigenvalue weighted by Gasteiger charge is 2.31. The minimum absolute atomic E-state index is 0.177. The van der Waals surface area contributed by atoms with E-state index in [1.165, 1.54) is 18.5 Å². The molecule has 1 aliphatic rings. The van der Waals surface area contributed by atoms with Gasteiger partial charge in [0.05, 0.1) is 17.3 Å². The Kier molecular flexibility index (Phi) is 3.17. The third-order valence-electron chi connectivity index (χ3n) is 3.41. The monoisotopic (exact) mass is 279 g/mol. The van der Waals surface area contributed by atoms with Crippen LogP contribution in [0.15, 0.2) is 36.8 Å². The molecule has 104 valence electrons. The van der Waals surface area contributed by atoms with E-state index in [2.05, 4.69) is 15.3 Å². The predicted octanol–water partition coefficient (Wildman–Crippen LogP) is 2.73. The first-order valence-electron chi connectivity index (χ1n) is 6.25. The SMILES string of the molecule is FC(F)(F)c1ccc(C2NCCc3cncnc32)cc1.